The maximum atomic E-state index is 13.5. The molecule has 35 heavy (non-hydrogen) atoms. The highest BCUT2D eigenvalue weighted by atomic mass is 16.6. The van der Waals surface area contributed by atoms with Crippen molar-refractivity contribution in [1.29, 1.82) is 0 Å². The molecule has 1 aliphatic heterocycles. The molecule has 1 aliphatic rings. The Morgan fingerprint density at radius 2 is 1.86 bits per heavy atom. The van der Waals surface area contributed by atoms with Gasteiger partial charge in [0.1, 0.15) is 0 Å². The van der Waals surface area contributed by atoms with Crippen LogP contribution < -0.4 is 0 Å². The predicted octanol–water partition coefficient (Wildman–Crippen LogP) is 6.39. The number of aromatic amines is 1. The Labute approximate surface area is 204 Å². The van der Waals surface area contributed by atoms with Gasteiger partial charge in [0.25, 0.3) is 5.69 Å². The van der Waals surface area contributed by atoms with E-state index in [2.05, 4.69) is 55.2 Å². The molecule has 3 aromatic carbocycles. The van der Waals surface area contributed by atoms with E-state index in [9.17, 15) is 14.9 Å². The van der Waals surface area contributed by atoms with E-state index in [1.807, 2.05) is 17.0 Å². The number of nitro groups is 1. The molecule has 5 rings (SSSR count). The third-order valence-corrected chi connectivity index (χ3v) is 6.74. The molecular weight excluding hydrogens is 438 g/mol. The van der Waals surface area contributed by atoms with Gasteiger partial charge in [-0.15, -0.1) is 0 Å². The number of fused-ring (bicyclic) bond motifs is 3. The number of nitrogens with zero attached hydrogens (tertiary/aromatic N) is 2. The summed E-state index contributed by atoms with van der Waals surface area (Å²) < 4.78 is 0. The lowest BCUT2D eigenvalue weighted by molar-refractivity contribution is -0.384. The number of para-hydroxylation sites is 1. The fraction of sp³-hybridized carbons (Fsp3) is 0.207. The summed E-state index contributed by atoms with van der Waals surface area (Å²) in [5.74, 6) is 0.299. The Bertz CT molecular complexity index is 1430. The average Bonchev–Trinajstić information content (AvgIpc) is 3.25. The van der Waals surface area contributed by atoms with E-state index < -0.39 is 4.92 Å². The normalized spacial score (nSPS) is 15.6. The van der Waals surface area contributed by atoms with Gasteiger partial charge in [-0.3, -0.25) is 14.9 Å². The molecule has 6 nitrogen and oxygen atoms in total. The van der Waals surface area contributed by atoms with E-state index in [4.69, 9.17) is 0 Å². The first-order valence-corrected chi connectivity index (χ1v) is 11.8. The fourth-order valence-corrected chi connectivity index (χ4v) is 4.89. The Kier molecular flexibility index (Phi) is 5.95. The number of non-ortho nitro benzene ring substituents is 1. The van der Waals surface area contributed by atoms with Crippen molar-refractivity contribution in [3.8, 4) is 0 Å². The topological polar surface area (TPSA) is 79.2 Å². The van der Waals surface area contributed by atoms with E-state index in [0.717, 1.165) is 23.2 Å². The molecule has 0 saturated carbocycles. The van der Waals surface area contributed by atoms with E-state index in [-0.39, 0.29) is 17.6 Å². The number of rotatable bonds is 5. The minimum absolute atomic E-state index is 0.00316. The minimum Gasteiger partial charge on any atom is -0.356 e. The average molecular weight is 466 g/mol. The molecule has 0 spiro atoms. The van der Waals surface area contributed by atoms with Crippen molar-refractivity contribution in [2.24, 2.45) is 0 Å². The molecule has 0 fully saturated rings. The largest absolute Gasteiger partial charge is 0.356 e. The number of carbonyl (C=O) groups excluding carboxylic acids is 1. The highest BCUT2D eigenvalue weighted by molar-refractivity contribution is 5.93. The third-order valence-electron chi connectivity index (χ3n) is 6.74. The number of H-pyrrole nitrogens is 1. The molecule has 0 aliphatic carbocycles. The van der Waals surface area contributed by atoms with E-state index in [1.165, 1.54) is 34.7 Å². The number of carbonyl (C=O) groups is 1. The van der Waals surface area contributed by atoms with Crippen LogP contribution in [0.15, 0.2) is 78.9 Å². The summed E-state index contributed by atoms with van der Waals surface area (Å²) in [6.07, 6.45) is 3.92. The van der Waals surface area contributed by atoms with E-state index >= 15 is 0 Å². The van der Waals surface area contributed by atoms with Crippen molar-refractivity contribution in [1.82, 2.24) is 9.88 Å². The zero-order valence-corrected chi connectivity index (χ0v) is 19.8. The predicted molar refractivity (Wildman–Crippen MR) is 138 cm³/mol. The van der Waals surface area contributed by atoms with Gasteiger partial charge in [-0.25, -0.2) is 0 Å². The molecule has 0 saturated heterocycles. The van der Waals surface area contributed by atoms with Gasteiger partial charge in [-0.1, -0.05) is 68.4 Å². The summed E-state index contributed by atoms with van der Waals surface area (Å²) in [6, 6.07) is 22.8. The molecule has 176 valence electrons. The zero-order valence-electron chi connectivity index (χ0n) is 19.8. The third kappa shape index (κ3) is 4.35. The smallest absolute Gasteiger partial charge is 0.270 e. The van der Waals surface area contributed by atoms with Gasteiger partial charge in [0.15, 0.2) is 0 Å². The molecule has 1 atom stereocenters. The van der Waals surface area contributed by atoms with Gasteiger partial charge in [0.05, 0.1) is 11.0 Å². The number of hydrogen-bond acceptors (Lipinski definition) is 3. The van der Waals surface area contributed by atoms with Crippen molar-refractivity contribution in [3.63, 3.8) is 0 Å². The molecule has 1 unspecified atom stereocenters. The van der Waals surface area contributed by atoms with Crippen LogP contribution in [0.1, 0.15) is 53.8 Å². The lowest BCUT2D eigenvalue weighted by Gasteiger charge is -2.35. The van der Waals surface area contributed by atoms with Crippen molar-refractivity contribution in [2.75, 3.05) is 6.54 Å². The second kappa shape index (κ2) is 9.22. The summed E-state index contributed by atoms with van der Waals surface area (Å²) >= 11 is 0. The number of nitro benzene ring substituents is 1. The number of aromatic nitrogens is 1. The second-order valence-electron chi connectivity index (χ2n) is 9.25. The molecule has 1 aromatic heterocycles. The van der Waals surface area contributed by atoms with Gasteiger partial charge in [-0.05, 0) is 46.7 Å². The summed E-state index contributed by atoms with van der Waals surface area (Å²) in [6.45, 7) is 4.92. The highest BCUT2D eigenvalue weighted by Crippen LogP contribution is 2.39. The summed E-state index contributed by atoms with van der Waals surface area (Å²) in [5.41, 5.74) is 6.31. The molecule has 2 heterocycles. The van der Waals surface area contributed by atoms with Crippen LogP contribution >= 0.6 is 0 Å². The van der Waals surface area contributed by atoms with Crippen molar-refractivity contribution < 1.29 is 9.72 Å². The Hall–Kier alpha value is -4.19. The van der Waals surface area contributed by atoms with Crippen LogP contribution in [0.2, 0.25) is 0 Å². The fourth-order valence-electron chi connectivity index (χ4n) is 4.89. The number of amides is 1. The SMILES string of the molecule is CC(C)c1ccc(C2c3[nH]c4ccccc4c3CCN2C(=O)C=Cc2cccc([N+](=O)[O-])c2)cc1. The number of benzene rings is 3. The highest BCUT2D eigenvalue weighted by Gasteiger charge is 2.33. The quantitative estimate of drug-likeness (QED) is 0.211. The maximum absolute atomic E-state index is 13.5. The van der Waals surface area contributed by atoms with Gasteiger partial charge >= 0.3 is 0 Å². The molecular formula is C29H27N3O3. The summed E-state index contributed by atoms with van der Waals surface area (Å²) in [4.78, 5) is 29.6. The molecule has 1 amide bonds. The first-order valence-electron chi connectivity index (χ1n) is 11.8. The van der Waals surface area contributed by atoms with Crippen LogP contribution in [0, 0.1) is 10.1 Å². The van der Waals surface area contributed by atoms with Crippen LogP contribution in [0.5, 0.6) is 0 Å². The summed E-state index contributed by atoms with van der Waals surface area (Å²) in [7, 11) is 0. The Morgan fingerprint density at radius 3 is 2.60 bits per heavy atom. The molecule has 4 aromatic rings. The number of nitrogens with one attached hydrogen (secondary N) is 1. The lowest BCUT2D eigenvalue weighted by atomic mass is 9.91. The van der Waals surface area contributed by atoms with Crippen molar-refractivity contribution >= 4 is 28.6 Å². The van der Waals surface area contributed by atoms with Gasteiger partial charge in [0, 0.05) is 41.4 Å². The van der Waals surface area contributed by atoms with Crippen LogP contribution in [0.3, 0.4) is 0 Å². The molecule has 0 radical (unpaired) electrons. The Morgan fingerprint density at radius 1 is 1.09 bits per heavy atom. The van der Waals surface area contributed by atoms with Gasteiger partial charge in [0.2, 0.25) is 5.91 Å². The van der Waals surface area contributed by atoms with Crippen LogP contribution in [0.4, 0.5) is 5.69 Å². The number of hydrogen-bond donors (Lipinski definition) is 1. The lowest BCUT2D eigenvalue weighted by Crippen LogP contribution is -2.39. The van der Waals surface area contributed by atoms with Gasteiger partial charge in [-0.2, -0.15) is 0 Å². The Balaban J connectivity index is 1.53. The monoisotopic (exact) mass is 465 g/mol. The first kappa shape index (κ1) is 22.6. The maximum Gasteiger partial charge on any atom is 0.270 e. The second-order valence-corrected chi connectivity index (χ2v) is 9.25. The van der Waals surface area contributed by atoms with Crippen molar-refractivity contribution in [3.05, 3.63) is 117 Å². The first-order chi connectivity index (χ1) is 16.9. The minimum atomic E-state index is -0.432. The summed E-state index contributed by atoms with van der Waals surface area (Å²) in [5, 5.41) is 12.3. The van der Waals surface area contributed by atoms with Crippen molar-refractivity contribution in [2.45, 2.75) is 32.2 Å². The van der Waals surface area contributed by atoms with Crippen LogP contribution in [0.25, 0.3) is 17.0 Å². The molecule has 6 heteroatoms. The van der Waals surface area contributed by atoms with E-state index in [0.29, 0.717) is 18.0 Å². The van der Waals surface area contributed by atoms with Crippen LogP contribution in [-0.2, 0) is 11.2 Å². The molecule has 1 N–H and O–H groups in total. The van der Waals surface area contributed by atoms with Crippen LogP contribution in [-0.4, -0.2) is 27.3 Å². The standard InChI is InChI=1S/C29H27N3O3/c1-19(2)21-11-13-22(14-12-21)29-28-25(24-8-3-4-9-26(24)30-28)16-17-31(29)27(33)15-10-20-6-5-7-23(18-20)32(34)35/h3-15,18-19,29-30H,16-17H2,1-2H3. The zero-order chi connectivity index (χ0) is 24.5. The van der Waals surface area contributed by atoms with Gasteiger partial charge < -0.3 is 9.88 Å². The van der Waals surface area contributed by atoms with E-state index in [1.54, 1.807) is 18.2 Å². The molecule has 0 bridgehead atoms.